The molecule has 0 heterocycles. The van der Waals surface area contributed by atoms with Crippen molar-refractivity contribution < 1.29 is 18.9 Å². The molecule has 0 saturated carbocycles. The van der Waals surface area contributed by atoms with Gasteiger partial charge in [0.15, 0.2) is 0 Å². The molecule has 4 heteroatoms. The third-order valence-electron chi connectivity index (χ3n) is 2.51. The predicted octanol–water partition coefficient (Wildman–Crippen LogP) is 5.35. The van der Waals surface area contributed by atoms with E-state index in [1.165, 1.54) is 0 Å². The van der Waals surface area contributed by atoms with E-state index >= 15 is 0 Å². The molecular weight excluding hydrogens is 304 g/mol. The summed E-state index contributed by atoms with van der Waals surface area (Å²) in [5, 5.41) is 0. The van der Waals surface area contributed by atoms with Gasteiger partial charge in [-0.2, -0.15) is 0 Å². The van der Waals surface area contributed by atoms with Crippen LogP contribution in [0.1, 0.15) is 54.4 Å². The maximum Gasteiger partial charge on any atom is 0.119 e. The molecular formula is C20H38O4. The Kier molecular flexibility index (Phi) is 22.6. The van der Waals surface area contributed by atoms with Gasteiger partial charge in [-0.15, -0.1) is 0 Å². The van der Waals surface area contributed by atoms with Crippen molar-refractivity contribution in [2.45, 2.75) is 54.4 Å². The molecule has 0 spiro atoms. The van der Waals surface area contributed by atoms with Crippen molar-refractivity contribution in [1.29, 1.82) is 0 Å². The maximum atomic E-state index is 5.56. The lowest BCUT2D eigenvalue weighted by Crippen LogP contribution is -2.08. The lowest BCUT2D eigenvalue weighted by atomic mass is 10.3. The first kappa shape index (κ1) is 25.0. The van der Waals surface area contributed by atoms with Crippen LogP contribution in [-0.4, -0.2) is 39.6 Å². The highest BCUT2D eigenvalue weighted by Crippen LogP contribution is 2.17. The highest BCUT2D eigenvalue weighted by molar-refractivity contribution is 5.31. The summed E-state index contributed by atoms with van der Waals surface area (Å²) in [6, 6.07) is 7.62. The molecule has 1 aromatic carbocycles. The molecule has 0 bridgehead atoms. The van der Waals surface area contributed by atoms with Crippen molar-refractivity contribution in [2.24, 2.45) is 0 Å². The van der Waals surface area contributed by atoms with Crippen LogP contribution in [0.3, 0.4) is 0 Å². The minimum atomic E-state index is 0.574. The van der Waals surface area contributed by atoms with Crippen molar-refractivity contribution in [3.63, 3.8) is 0 Å². The second kappa shape index (κ2) is 21.7. The van der Waals surface area contributed by atoms with E-state index in [0.717, 1.165) is 37.6 Å². The van der Waals surface area contributed by atoms with E-state index < -0.39 is 0 Å². The predicted molar refractivity (Wildman–Crippen MR) is 102 cm³/mol. The zero-order valence-corrected chi connectivity index (χ0v) is 16.6. The summed E-state index contributed by atoms with van der Waals surface area (Å²) in [7, 11) is 0. The molecule has 24 heavy (non-hydrogen) atoms. The summed E-state index contributed by atoms with van der Waals surface area (Å²) in [6.07, 6.45) is 2.07. The molecule has 0 aromatic heterocycles. The second-order valence-electron chi connectivity index (χ2n) is 4.39. The zero-order valence-electron chi connectivity index (χ0n) is 16.6. The normalized spacial score (nSPS) is 9.25. The first-order valence-electron chi connectivity index (χ1n) is 9.38. The van der Waals surface area contributed by atoms with E-state index in [0.29, 0.717) is 26.4 Å². The van der Waals surface area contributed by atoms with Crippen LogP contribution in [0, 0.1) is 0 Å². The summed E-state index contributed by atoms with van der Waals surface area (Å²) in [5.41, 5.74) is 0. The Hall–Kier alpha value is -1.26. The topological polar surface area (TPSA) is 36.9 Å². The Labute approximate surface area is 149 Å². The Morgan fingerprint density at radius 1 is 0.542 bits per heavy atom. The molecule has 0 radical (unpaired) electrons. The van der Waals surface area contributed by atoms with Crippen LogP contribution in [0.15, 0.2) is 24.3 Å². The van der Waals surface area contributed by atoms with Crippen LogP contribution in [0.2, 0.25) is 0 Å². The monoisotopic (exact) mass is 342 g/mol. The van der Waals surface area contributed by atoms with Crippen LogP contribution in [0.4, 0.5) is 0 Å². The Morgan fingerprint density at radius 2 is 0.875 bits per heavy atom. The number of benzene rings is 1. The molecule has 1 aromatic rings. The highest BCUT2D eigenvalue weighted by atomic mass is 16.5. The van der Waals surface area contributed by atoms with E-state index in [1.807, 2.05) is 52.0 Å². The molecule has 0 fully saturated rings. The largest absolute Gasteiger partial charge is 0.491 e. The summed E-state index contributed by atoms with van der Waals surface area (Å²) >= 11 is 0. The quantitative estimate of drug-likeness (QED) is 0.480. The van der Waals surface area contributed by atoms with Crippen molar-refractivity contribution in [1.82, 2.24) is 0 Å². The van der Waals surface area contributed by atoms with Crippen LogP contribution in [0.25, 0.3) is 0 Å². The average Bonchev–Trinajstić information content (AvgIpc) is 2.66. The van der Waals surface area contributed by atoms with Crippen LogP contribution in [-0.2, 0) is 9.47 Å². The number of hydrogen-bond acceptors (Lipinski definition) is 4. The zero-order chi connectivity index (χ0) is 18.5. The first-order chi connectivity index (χ1) is 11.9. The molecule has 0 aliphatic heterocycles. The van der Waals surface area contributed by atoms with Gasteiger partial charge in [0.25, 0.3) is 0 Å². The molecule has 0 unspecified atom stereocenters. The van der Waals surface area contributed by atoms with Crippen molar-refractivity contribution in [3.05, 3.63) is 24.3 Å². The third kappa shape index (κ3) is 15.6. The van der Waals surface area contributed by atoms with Gasteiger partial charge in [-0.1, -0.05) is 41.5 Å². The summed E-state index contributed by atoms with van der Waals surface area (Å²) in [6.45, 7) is 16.2. The van der Waals surface area contributed by atoms with Crippen molar-refractivity contribution in [2.75, 3.05) is 39.6 Å². The van der Waals surface area contributed by atoms with Gasteiger partial charge in [0, 0.05) is 13.2 Å². The first-order valence-corrected chi connectivity index (χ1v) is 9.38. The average molecular weight is 343 g/mol. The number of hydrogen-bond donors (Lipinski definition) is 0. The minimum Gasteiger partial charge on any atom is -0.491 e. The molecule has 0 amide bonds. The molecule has 0 N–H and O–H groups in total. The molecule has 4 nitrogen and oxygen atoms in total. The standard InChI is InChI=1S/C16H26O4.2C2H6/c1-3-9-17-11-13-19-15-5-7-16(8-6-15)20-14-12-18-10-4-2;2*1-2/h5-8H,3-4,9-14H2,1-2H3;2*1-2H3. The SMILES string of the molecule is CC.CC.CCCOCCOc1ccc(OCCOCCC)cc1. The molecule has 0 aliphatic rings. The van der Waals surface area contributed by atoms with Crippen LogP contribution >= 0.6 is 0 Å². The maximum absolute atomic E-state index is 5.56. The Morgan fingerprint density at radius 3 is 1.17 bits per heavy atom. The Bertz CT molecular complexity index is 292. The van der Waals surface area contributed by atoms with Gasteiger partial charge in [-0.05, 0) is 37.1 Å². The smallest absolute Gasteiger partial charge is 0.119 e. The highest BCUT2D eigenvalue weighted by Gasteiger charge is 1.97. The van der Waals surface area contributed by atoms with Crippen LogP contribution < -0.4 is 9.47 Å². The van der Waals surface area contributed by atoms with Gasteiger partial charge in [-0.25, -0.2) is 0 Å². The van der Waals surface area contributed by atoms with E-state index in [9.17, 15) is 0 Å². The fourth-order valence-electron chi connectivity index (χ4n) is 1.56. The molecule has 142 valence electrons. The summed E-state index contributed by atoms with van der Waals surface area (Å²) < 4.78 is 21.8. The lowest BCUT2D eigenvalue weighted by Gasteiger charge is -2.09. The van der Waals surface area contributed by atoms with Gasteiger partial charge in [-0.3, -0.25) is 0 Å². The molecule has 1 rings (SSSR count). The van der Waals surface area contributed by atoms with Crippen molar-refractivity contribution in [3.8, 4) is 11.5 Å². The third-order valence-corrected chi connectivity index (χ3v) is 2.51. The number of rotatable bonds is 12. The van der Waals surface area contributed by atoms with Gasteiger partial charge >= 0.3 is 0 Å². The number of ether oxygens (including phenoxy) is 4. The van der Waals surface area contributed by atoms with Gasteiger partial charge in [0.1, 0.15) is 24.7 Å². The fraction of sp³-hybridized carbons (Fsp3) is 0.700. The summed E-state index contributed by atoms with van der Waals surface area (Å²) in [5.74, 6) is 1.67. The van der Waals surface area contributed by atoms with E-state index in [-0.39, 0.29) is 0 Å². The van der Waals surface area contributed by atoms with Gasteiger partial charge in [0.2, 0.25) is 0 Å². The van der Waals surface area contributed by atoms with E-state index in [4.69, 9.17) is 18.9 Å². The van der Waals surface area contributed by atoms with Gasteiger partial charge < -0.3 is 18.9 Å². The van der Waals surface area contributed by atoms with E-state index in [2.05, 4.69) is 13.8 Å². The second-order valence-corrected chi connectivity index (χ2v) is 4.39. The molecule has 0 aliphatic carbocycles. The Balaban J connectivity index is 0. The fourth-order valence-corrected chi connectivity index (χ4v) is 1.56. The van der Waals surface area contributed by atoms with Crippen LogP contribution in [0.5, 0.6) is 11.5 Å². The minimum absolute atomic E-state index is 0.574. The summed E-state index contributed by atoms with van der Waals surface area (Å²) in [4.78, 5) is 0. The molecule has 0 atom stereocenters. The van der Waals surface area contributed by atoms with Gasteiger partial charge in [0.05, 0.1) is 13.2 Å². The molecule has 0 saturated heterocycles. The van der Waals surface area contributed by atoms with Crippen molar-refractivity contribution >= 4 is 0 Å². The van der Waals surface area contributed by atoms with E-state index in [1.54, 1.807) is 0 Å². The lowest BCUT2D eigenvalue weighted by molar-refractivity contribution is 0.0994.